The Labute approximate surface area is 154 Å². The predicted molar refractivity (Wildman–Crippen MR) is 101 cm³/mol. The van der Waals surface area contributed by atoms with Gasteiger partial charge in [0, 0.05) is 0 Å². The van der Waals surface area contributed by atoms with E-state index in [0.29, 0.717) is 15.0 Å². The molecule has 0 N–H and O–H groups in total. The number of benzene rings is 1. The van der Waals surface area contributed by atoms with E-state index in [1.807, 2.05) is 11.8 Å². The molecule has 3 aliphatic rings. The van der Waals surface area contributed by atoms with Crippen LogP contribution in [-0.4, -0.2) is 24.5 Å². The van der Waals surface area contributed by atoms with Crippen LogP contribution in [0.5, 0.6) is 0 Å². The van der Waals surface area contributed by atoms with Crippen LogP contribution in [0.4, 0.5) is 0 Å². The topological polar surface area (TPSA) is 17.8 Å². The van der Waals surface area contributed by atoms with Gasteiger partial charge in [-0.15, -0.1) is 0 Å². The van der Waals surface area contributed by atoms with E-state index in [-0.39, 0.29) is 5.54 Å². The normalized spacial score (nSPS) is 21.4. The molecule has 0 unspecified atom stereocenters. The first kappa shape index (κ1) is 15.3. The third-order valence-corrected chi connectivity index (χ3v) is 9.02. The van der Waals surface area contributed by atoms with Gasteiger partial charge in [0.25, 0.3) is 0 Å². The Morgan fingerprint density at radius 1 is 1.00 bits per heavy atom. The minimum absolute atomic E-state index is 0.240. The summed E-state index contributed by atoms with van der Waals surface area (Å²) in [7, 11) is 0. The summed E-state index contributed by atoms with van der Waals surface area (Å²) in [4.78, 5) is 5.10. The second-order valence-electron chi connectivity index (χ2n) is 7.12. The number of thioether (sulfide) groups is 1. The SMILES string of the molecule is C1=C([Se]c2ccccc2)Sc2nc3c(n2C12CCCC2)CCCC3. The van der Waals surface area contributed by atoms with E-state index in [4.69, 9.17) is 4.98 Å². The molecule has 0 amide bonds. The number of hydrogen-bond acceptors (Lipinski definition) is 2. The van der Waals surface area contributed by atoms with E-state index in [0.717, 1.165) is 0 Å². The molecule has 1 aromatic carbocycles. The molecule has 2 aliphatic carbocycles. The van der Waals surface area contributed by atoms with Crippen LogP contribution in [-0.2, 0) is 18.4 Å². The number of aromatic nitrogens is 2. The first-order chi connectivity index (χ1) is 11.8. The molecular weight excluding hydrogens is 379 g/mol. The van der Waals surface area contributed by atoms with Crippen molar-refractivity contribution in [2.75, 3.05) is 0 Å². The van der Waals surface area contributed by atoms with Crippen LogP contribution in [0.25, 0.3) is 0 Å². The Balaban J connectivity index is 1.57. The van der Waals surface area contributed by atoms with Gasteiger partial charge in [-0.25, -0.2) is 0 Å². The Morgan fingerprint density at radius 3 is 2.62 bits per heavy atom. The van der Waals surface area contributed by atoms with E-state index in [2.05, 4.69) is 41.0 Å². The average molecular weight is 401 g/mol. The van der Waals surface area contributed by atoms with Crippen molar-refractivity contribution < 1.29 is 0 Å². The molecule has 1 aliphatic heterocycles. The predicted octanol–water partition coefficient (Wildman–Crippen LogP) is 4.01. The zero-order valence-electron chi connectivity index (χ0n) is 13.8. The number of rotatable bonds is 2. The monoisotopic (exact) mass is 402 g/mol. The van der Waals surface area contributed by atoms with Gasteiger partial charge < -0.3 is 0 Å². The van der Waals surface area contributed by atoms with Gasteiger partial charge in [-0.3, -0.25) is 0 Å². The Hall–Kier alpha value is -0.961. The molecule has 0 atom stereocenters. The number of nitrogens with zero attached hydrogens (tertiary/aromatic N) is 2. The van der Waals surface area contributed by atoms with Gasteiger partial charge in [-0.2, -0.15) is 0 Å². The standard InChI is InChI=1S/C20H22N2SSe/c1-2-8-15(9-3-1)24-18-14-20(12-6-7-13-20)22-17-11-5-4-10-16(17)21-19(22)23-18/h1-3,8-9,14H,4-7,10-13H2. The third kappa shape index (κ3) is 2.51. The molecule has 24 heavy (non-hydrogen) atoms. The van der Waals surface area contributed by atoms with Crippen molar-refractivity contribution in [3.05, 3.63) is 51.6 Å². The first-order valence-electron chi connectivity index (χ1n) is 9.09. The van der Waals surface area contributed by atoms with Gasteiger partial charge in [-0.05, 0) is 0 Å². The Morgan fingerprint density at radius 2 is 1.79 bits per heavy atom. The average Bonchev–Trinajstić information content (AvgIpc) is 3.20. The molecule has 5 rings (SSSR count). The Kier molecular flexibility index (Phi) is 3.88. The zero-order chi connectivity index (χ0) is 16.0. The van der Waals surface area contributed by atoms with E-state index in [1.54, 1.807) is 9.50 Å². The van der Waals surface area contributed by atoms with Crippen LogP contribution in [0.2, 0.25) is 0 Å². The summed E-state index contributed by atoms with van der Waals surface area (Å²) in [5.41, 5.74) is 3.20. The molecule has 0 radical (unpaired) electrons. The van der Waals surface area contributed by atoms with Gasteiger partial charge in [0.2, 0.25) is 0 Å². The van der Waals surface area contributed by atoms with Crippen molar-refractivity contribution in [1.82, 2.24) is 9.55 Å². The molecule has 2 nitrogen and oxygen atoms in total. The van der Waals surface area contributed by atoms with Crippen molar-refractivity contribution >= 4 is 31.2 Å². The number of aryl methyl sites for hydroxylation is 1. The molecule has 0 bridgehead atoms. The van der Waals surface area contributed by atoms with Crippen molar-refractivity contribution in [2.45, 2.75) is 62.1 Å². The van der Waals surface area contributed by atoms with Crippen LogP contribution in [0.1, 0.15) is 49.9 Å². The van der Waals surface area contributed by atoms with Gasteiger partial charge in [0.15, 0.2) is 0 Å². The van der Waals surface area contributed by atoms with Crippen molar-refractivity contribution in [3.63, 3.8) is 0 Å². The van der Waals surface area contributed by atoms with Crippen LogP contribution in [0, 0.1) is 0 Å². The zero-order valence-corrected chi connectivity index (χ0v) is 16.4. The summed E-state index contributed by atoms with van der Waals surface area (Å²) < 4.78 is 5.70. The molecule has 1 fully saturated rings. The maximum absolute atomic E-state index is 5.10. The van der Waals surface area contributed by atoms with Gasteiger partial charge in [0.1, 0.15) is 0 Å². The van der Waals surface area contributed by atoms with Gasteiger partial charge in [0.05, 0.1) is 0 Å². The molecule has 4 heteroatoms. The van der Waals surface area contributed by atoms with Crippen LogP contribution in [0.3, 0.4) is 0 Å². The molecule has 124 valence electrons. The number of allylic oxidation sites excluding steroid dienone is 1. The summed E-state index contributed by atoms with van der Waals surface area (Å²) in [6, 6.07) is 11.0. The van der Waals surface area contributed by atoms with Crippen molar-refractivity contribution in [3.8, 4) is 0 Å². The van der Waals surface area contributed by atoms with E-state index in [1.165, 1.54) is 66.7 Å². The Bertz CT molecular complexity index is 787. The van der Waals surface area contributed by atoms with Crippen LogP contribution < -0.4 is 4.46 Å². The first-order valence-corrected chi connectivity index (χ1v) is 11.6. The van der Waals surface area contributed by atoms with Crippen LogP contribution in [0.15, 0.2) is 45.4 Å². The fourth-order valence-electron chi connectivity index (χ4n) is 4.46. The summed E-state index contributed by atoms with van der Waals surface area (Å²) in [5.74, 6) is 0. The second-order valence-corrected chi connectivity index (χ2v) is 11.1. The van der Waals surface area contributed by atoms with E-state index < -0.39 is 0 Å². The molecule has 1 saturated carbocycles. The number of imidazole rings is 1. The fourth-order valence-corrected chi connectivity index (χ4v) is 8.41. The van der Waals surface area contributed by atoms with E-state index in [9.17, 15) is 0 Å². The molecule has 1 spiro atoms. The quantitative estimate of drug-likeness (QED) is 0.708. The molecule has 0 saturated heterocycles. The fraction of sp³-hybridized carbons (Fsp3) is 0.450. The summed E-state index contributed by atoms with van der Waals surface area (Å²) in [5, 5.41) is 1.29. The van der Waals surface area contributed by atoms with Crippen LogP contribution >= 0.6 is 11.8 Å². The van der Waals surface area contributed by atoms with Crippen molar-refractivity contribution in [1.29, 1.82) is 0 Å². The molecule has 1 aromatic heterocycles. The third-order valence-electron chi connectivity index (χ3n) is 5.56. The molecule has 2 aromatic rings. The number of hydrogen-bond donors (Lipinski definition) is 0. The molecular formula is C20H22N2SSe. The summed E-state index contributed by atoms with van der Waals surface area (Å²) in [6.45, 7) is 0. The maximum atomic E-state index is 5.10. The second kappa shape index (κ2) is 6.09. The van der Waals surface area contributed by atoms with E-state index >= 15 is 0 Å². The number of fused-ring (bicyclic) bond motifs is 4. The van der Waals surface area contributed by atoms with Crippen molar-refractivity contribution in [2.24, 2.45) is 0 Å². The molecule has 2 heterocycles. The minimum atomic E-state index is 0.240. The van der Waals surface area contributed by atoms with Gasteiger partial charge >= 0.3 is 154 Å². The van der Waals surface area contributed by atoms with Gasteiger partial charge in [-0.1, -0.05) is 0 Å². The summed E-state index contributed by atoms with van der Waals surface area (Å²) >= 11 is 2.35. The summed E-state index contributed by atoms with van der Waals surface area (Å²) in [6.07, 6.45) is 13.0.